The molecule has 1 saturated heterocycles. The molecule has 0 spiro atoms. The number of nitrogens with one attached hydrogen (secondary N) is 2. The number of rotatable bonds is 7. The number of nitrogens with two attached hydrogens (primary N) is 1. The zero-order valence-electron chi connectivity index (χ0n) is 21.4. The van der Waals surface area contributed by atoms with Crippen LogP contribution in [-0.4, -0.2) is 72.0 Å². The fourth-order valence-corrected chi connectivity index (χ4v) is 4.50. The van der Waals surface area contributed by atoms with Gasteiger partial charge in [-0.25, -0.2) is 14.2 Å². The number of carbonyl (C=O) groups excluding carboxylic acids is 3. The van der Waals surface area contributed by atoms with Crippen molar-refractivity contribution in [3.05, 3.63) is 58.8 Å². The number of anilines is 1. The molecule has 0 saturated carbocycles. The quantitative estimate of drug-likeness (QED) is 0.542. The molecule has 1 aliphatic rings. The molecule has 10 heteroatoms. The Labute approximate surface area is 211 Å². The Bertz CT molecular complexity index is 1120. The zero-order valence-corrected chi connectivity index (χ0v) is 21.4. The summed E-state index contributed by atoms with van der Waals surface area (Å²) in [5.74, 6) is -0.424. The smallest absolute Gasteiger partial charge is 0.317 e. The molecule has 36 heavy (non-hydrogen) atoms. The lowest BCUT2D eigenvalue weighted by Crippen LogP contribution is -2.50. The topological polar surface area (TPSA) is 121 Å². The third-order valence-corrected chi connectivity index (χ3v) is 6.39. The lowest BCUT2D eigenvalue weighted by atomic mass is 9.91. The molecule has 2 heterocycles. The predicted octanol–water partition coefficient (Wildman–Crippen LogP) is 2.51. The number of aromatic nitrogens is 1. The Morgan fingerprint density at radius 1 is 1.22 bits per heavy atom. The molecule has 194 valence electrons. The number of aryl methyl sites for hydroxylation is 1. The van der Waals surface area contributed by atoms with E-state index in [2.05, 4.69) is 29.5 Å². The molecule has 1 aromatic heterocycles. The summed E-state index contributed by atoms with van der Waals surface area (Å²) >= 11 is 0. The average molecular weight is 499 g/mol. The highest BCUT2D eigenvalue weighted by Gasteiger charge is 2.40. The molecule has 4 amide bonds. The van der Waals surface area contributed by atoms with E-state index in [9.17, 15) is 18.8 Å². The van der Waals surface area contributed by atoms with Crippen LogP contribution in [0.25, 0.3) is 0 Å². The van der Waals surface area contributed by atoms with Gasteiger partial charge in [0.05, 0.1) is 19.1 Å². The standard InChI is InChI=1S/C26H35FN6O3/c1-15(2)19-9-8-17(11-16(19)3)23(20-7-6-10-29-24(20)28)31-25(35)21-12-18(27)14-33(21)22(34)13-30-26(36)32(4)5/h6-11,15,18,21,23H,12-14H2,1-5H3,(H2,28,29)(H,30,36)(H,31,35)/t18-,21+,23?/m1/s1. The van der Waals surface area contributed by atoms with E-state index in [1.54, 1.807) is 32.4 Å². The van der Waals surface area contributed by atoms with Gasteiger partial charge in [0.1, 0.15) is 18.0 Å². The van der Waals surface area contributed by atoms with Crippen molar-refractivity contribution in [3.8, 4) is 0 Å². The van der Waals surface area contributed by atoms with Crippen molar-refractivity contribution in [1.82, 2.24) is 25.4 Å². The molecule has 1 aromatic carbocycles. The zero-order chi connectivity index (χ0) is 26.6. The lowest BCUT2D eigenvalue weighted by molar-refractivity contribution is -0.137. The van der Waals surface area contributed by atoms with Crippen molar-refractivity contribution >= 4 is 23.7 Å². The Balaban J connectivity index is 1.87. The second kappa shape index (κ2) is 11.4. The summed E-state index contributed by atoms with van der Waals surface area (Å²) in [5, 5.41) is 5.45. The number of nitrogen functional groups attached to an aromatic ring is 1. The minimum absolute atomic E-state index is 0.125. The predicted molar refractivity (Wildman–Crippen MR) is 136 cm³/mol. The maximum Gasteiger partial charge on any atom is 0.317 e. The van der Waals surface area contributed by atoms with Gasteiger partial charge in [-0.3, -0.25) is 9.59 Å². The Morgan fingerprint density at radius 2 is 1.94 bits per heavy atom. The van der Waals surface area contributed by atoms with Crippen LogP contribution in [0.5, 0.6) is 0 Å². The minimum Gasteiger partial charge on any atom is -0.383 e. The number of alkyl halides is 1. The highest BCUT2D eigenvalue weighted by Crippen LogP contribution is 2.30. The fourth-order valence-electron chi connectivity index (χ4n) is 4.50. The van der Waals surface area contributed by atoms with E-state index in [4.69, 9.17) is 5.73 Å². The number of amides is 4. The van der Waals surface area contributed by atoms with E-state index in [1.807, 2.05) is 25.1 Å². The molecule has 1 unspecified atom stereocenters. The molecular weight excluding hydrogens is 463 g/mol. The van der Waals surface area contributed by atoms with Crippen molar-refractivity contribution in [2.75, 3.05) is 32.9 Å². The van der Waals surface area contributed by atoms with Crippen LogP contribution in [0.1, 0.15) is 54.5 Å². The molecule has 9 nitrogen and oxygen atoms in total. The summed E-state index contributed by atoms with van der Waals surface area (Å²) in [4.78, 5) is 44.7. The second-order valence-corrected chi connectivity index (χ2v) is 9.64. The van der Waals surface area contributed by atoms with Crippen molar-refractivity contribution in [1.29, 1.82) is 0 Å². The third kappa shape index (κ3) is 6.10. The largest absolute Gasteiger partial charge is 0.383 e. The molecule has 1 fully saturated rings. The van der Waals surface area contributed by atoms with E-state index < -0.39 is 36.1 Å². The number of halogens is 1. The van der Waals surface area contributed by atoms with Crippen LogP contribution in [0, 0.1) is 6.92 Å². The van der Waals surface area contributed by atoms with Crippen LogP contribution < -0.4 is 16.4 Å². The van der Waals surface area contributed by atoms with Gasteiger partial charge < -0.3 is 26.2 Å². The summed E-state index contributed by atoms with van der Waals surface area (Å²) in [5.41, 5.74) is 9.83. The highest BCUT2D eigenvalue weighted by molar-refractivity contribution is 5.91. The summed E-state index contributed by atoms with van der Waals surface area (Å²) < 4.78 is 14.4. The number of nitrogens with zero attached hydrogens (tertiary/aromatic N) is 3. The molecule has 0 radical (unpaired) electrons. The molecule has 3 rings (SSSR count). The maximum absolute atomic E-state index is 14.4. The van der Waals surface area contributed by atoms with Crippen LogP contribution in [0.15, 0.2) is 36.5 Å². The van der Waals surface area contributed by atoms with Crippen LogP contribution in [-0.2, 0) is 9.59 Å². The molecule has 3 atom stereocenters. The van der Waals surface area contributed by atoms with E-state index in [-0.39, 0.29) is 25.3 Å². The maximum atomic E-state index is 14.4. The summed E-state index contributed by atoms with van der Waals surface area (Å²) in [6.07, 6.45) is 0.0984. The molecule has 0 bridgehead atoms. The molecular formula is C26H35FN6O3. The minimum atomic E-state index is -1.34. The van der Waals surface area contributed by atoms with Crippen molar-refractivity contribution in [3.63, 3.8) is 0 Å². The van der Waals surface area contributed by atoms with Crippen molar-refractivity contribution < 1.29 is 18.8 Å². The third-order valence-electron chi connectivity index (χ3n) is 6.39. The number of benzene rings is 1. The Hall–Kier alpha value is -3.69. The van der Waals surface area contributed by atoms with E-state index in [1.165, 1.54) is 15.4 Å². The Kier molecular flexibility index (Phi) is 8.49. The van der Waals surface area contributed by atoms with Crippen LogP contribution in [0.4, 0.5) is 15.0 Å². The SMILES string of the molecule is Cc1cc(C(NC(=O)[C@@H]2C[C@@H](F)CN2C(=O)CNC(=O)N(C)C)c2cccnc2N)ccc1C(C)C. The van der Waals surface area contributed by atoms with E-state index in [0.717, 1.165) is 11.1 Å². The van der Waals surface area contributed by atoms with E-state index >= 15 is 0 Å². The van der Waals surface area contributed by atoms with Crippen LogP contribution >= 0.6 is 0 Å². The van der Waals surface area contributed by atoms with Gasteiger partial charge in [-0.1, -0.05) is 38.1 Å². The number of pyridine rings is 1. The first-order valence-corrected chi connectivity index (χ1v) is 12.0. The number of likely N-dealkylation sites (tertiary alicyclic amines) is 1. The molecule has 4 N–H and O–H groups in total. The Morgan fingerprint density at radius 3 is 2.56 bits per heavy atom. The van der Waals surface area contributed by atoms with Gasteiger partial charge in [0, 0.05) is 32.3 Å². The first-order valence-electron chi connectivity index (χ1n) is 12.0. The van der Waals surface area contributed by atoms with Gasteiger partial charge in [0.2, 0.25) is 11.8 Å². The second-order valence-electron chi connectivity index (χ2n) is 9.64. The van der Waals surface area contributed by atoms with Crippen molar-refractivity contribution in [2.24, 2.45) is 0 Å². The number of hydrogen-bond donors (Lipinski definition) is 3. The number of carbonyl (C=O) groups is 3. The van der Waals surface area contributed by atoms with Gasteiger partial charge in [0.15, 0.2) is 0 Å². The monoisotopic (exact) mass is 498 g/mol. The average Bonchev–Trinajstić information content (AvgIpc) is 3.22. The first-order chi connectivity index (χ1) is 17.0. The molecule has 0 aliphatic carbocycles. The summed E-state index contributed by atoms with van der Waals surface area (Å²) in [6, 6.07) is 7.37. The van der Waals surface area contributed by atoms with E-state index in [0.29, 0.717) is 11.5 Å². The number of hydrogen-bond acceptors (Lipinski definition) is 5. The van der Waals surface area contributed by atoms with Gasteiger partial charge in [0.25, 0.3) is 0 Å². The summed E-state index contributed by atoms with van der Waals surface area (Å²) in [7, 11) is 3.09. The first kappa shape index (κ1) is 26.9. The summed E-state index contributed by atoms with van der Waals surface area (Å²) in [6.45, 7) is 5.69. The van der Waals surface area contributed by atoms with Crippen LogP contribution in [0.2, 0.25) is 0 Å². The lowest BCUT2D eigenvalue weighted by Gasteiger charge is -2.28. The molecule has 2 aromatic rings. The highest BCUT2D eigenvalue weighted by atomic mass is 19.1. The van der Waals surface area contributed by atoms with Crippen LogP contribution in [0.3, 0.4) is 0 Å². The molecule has 1 aliphatic heterocycles. The number of urea groups is 1. The van der Waals surface area contributed by atoms with Gasteiger partial charge in [-0.05, 0) is 35.6 Å². The van der Waals surface area contributed by atoms with Crippen molar-refractivity contribution in [2.45, 2.75) is 51.4 Å². The fraction of sp³-hybridized carbons (Fsp3) is 0.462. The van der Waals surface area contributed by atoms with Gasteiger partial charge in [-0.15, -0.1) is 0 Å². The van der Waals surface area contributed by atoms with Gasteiger partial charge >= 0.3 is 6.03 Å². The van der Waals surface area contributed by atoms with Gasteiger partial charge in [-0.2, -0.15) is 0 Å². The normalized spacial score (nSPS) is 18.1.